The maximum atomic E-state index is 11.6. The zero-order valence-electron chi connectivity index (χ0n) is 16.2. The van der Waals surface area contributed by atoms with Gasteiger partial charge < -0.3 is 25.4 Å². The molecule has 0 aromatic heterocycles. The fraction of sp³-hybridized carbons (Fsp3) is 0.556. The summed E-state index contributed by atoms with van der Waals surface area (Å²) in [4.78, 5) is 16.1. The van der Waals surface area contributed by atoms with Gasteiger partial charge in [-0.15, -0.1) is 24.0 Å². The fourth-order valence-corrected chi connectivity index (χ4v) is 1.90. The second-order valence-electron chi connectivity index (χ2n) is 6.40. The third-order valence-corrected chi connectivity index (χ3v) is 3.01. The molecule has 3 N–H and O–H groups in total. The van der Waals surface area contributed by atoms with E-state index < -0.39 is 11.7 Å². The van der Waals surface area contributed by atoms with E-state index in [1.165, 1.54) is 0 Å². The van der Waals surface area contributed by atoms with Crippen LogP contribution in [0.1, 0.15) is 33.3 Å². The van der Waals surface area contributed by atoms with Crippen LogP contribution in [0.2, 0.25) is 0 Å². The Morgan fingerprint density at radius 1 is 1.08 bits per heavy atom. The number of nitrogens with zero attached hydrogens (tertiary/aromatic N) is 1. The number of nitrogens with one attached hydrogen (secondary N) is 3. The first-order valence-corrected chi connectivity index (χ1v) is 8.46. The molecule has 0 bridgehead atoms. The molecule has 1 amide bonds. The summed E-state index contributed by atoms with van der Waals surface area (Å²) < 4.78 is 10.3. The summed E-state index contributed by atoms with van der Waals surface area (Å²) in [5, 5.41) is 9.05. The number of benzene rings is 1. The number of aliphatic imine (C=N–C) groups is 1. The van der Waals surface area contributed by atoms with Crippen molar-refractivity contribution in [2.24, 2.45) is 4.99 Å². The van der Waals surface area contributed by atoms with Crippen LogP contribution in [0, 0.1) is 0 Å². The van der Waals surface area contributed by atoms with Crippen molar-refractivity contribution in [3.05, 3.63) is 29.8 Å². The Labute approximate surface area is 173 Å². The number of methoxy groups -OCH3 is 1. The quantitative estimate of drug-likeness (QED) is 0.243. The van der Waals surface area contributed by atoms with Gasteiger partial charge in [0.05, 0.1) is 13.7 Å². The van der Waals surface area contributed by atoms with Gasteiger partial charge in [-0.25, -0.2) is 9.79 Å². The summed E-state index contributed by atoms with van der Waals surface area (Å²) in [5.74, 6) is 1.52. The van der Waals surface area contributed by atoms with Gasteiger partial charge in [-0.1, -0.05) is 12.1 Å². The van der Waals surface area contributed by atoms with Crippen LogP contribution >= 0.6 is 24.0 Å². The highest BCUT2D eigenvalue weighted by molar-refractivity contribution is 14.0. The molecule has 0 atom stereocenters. The molecule has 0 saturated carbocycles. The molecular formula is C18H31IN4O3. The van der Waals surface area contributed by atoms with Crippen molar-refractivity contribution < 1.29 is 14.3 Å². The molecule has 0 aliphatic carbocycles. The highest BCUT2D eigenvalue weighted by atomic mass is 127. The van der Waals surface area contributed by atoms with Gasteiger partial charge in [0.15, 0.2) is 5.96 Å². The molecule has 0 unspecified atom stereocenters. The minimum atomic E-state index is -0.494. The maximum Gasteiger partial charge on any atom is 0.407 e. The number of halogens is 1. The number of carbonyl (C=O) groups is 1. The molecule has 0 spiro atoms. The van der Waals surface area contributed by atoms with E-state index >= 15 is 0 Å². The zero-order chi connectivity index (χ0) is 18.7. The molecular weight excluding hydrogens is 447 g/mol. The van der Waals surface area contributed by atoms with E-state index in [2.05, 4.69) is 20.9 Å². The van der Waals surface area contributed by atoms with Gasteiger partial charge in [0, 0.05) is 19.6 Å². The van der Waals surface area contributed by atoms with Crippen molar-refractivity contribution in [2.45, 2.75) is 39.8 Å². The first-order valence-electron chi connectivity index (χ1n) is 8.46. The second kappa shape index (κ2) is 12.6. The third kappa shape index (κ3) is 11.0. The Hall–Kier alpha value is -1.71. The molecule has 148 valence electrons. The van der Waals surface area contributed by atoms with Crippen molar-refractivity contribution in [3.63, 3.8) is 0 Å². The van der Waals surface area contributed by atoms with Crippen LogP contribution < -0.4 is 20.7 Å². The van der Waals surface area contributed by atoms with Crippen molar-refractivity contribution >= 4 is 36.0 Å². The monoisotopic (exact) mass is 478 g/mol. The Morgan fingerprint density at radius 2 is 1.69 bits per heavy atom. The van der Waals surface area contributed by atoms with E-state index in [0.29, 0.717) is 25.6 Å². The number of hydrogen-bond acceptors (Lipinski definition) is 4. The molecule has 0 saturated heterocycles. The molecule has 7 nitrogen and oxygen atoms in total. The van der Waals surface area contributed by atoms with Crippen molar-refractivity contribution in [1.29, 1.82) is 0 Å². The average Bonchev–Trinajstić information content (AvgIpc) is 2.55. The highest BCUT2D eigenvalue weighted by Gasteiger charge is 2.15. The molecule has 0 aliphatic rings. The summed E-state index contributed by atoms with van der Waals surface area (Å²) >= 11 is 0. The Kier molecular flexibility index (Phi) is 11.8. The van der Waals surface area contributed by atoms with E-state index in [9.17, 15) is 4.79 Å². The van der Waals surface area contributed by atoms with E-state index in [-0.39, 0.29) is 24.0 Å². The molecule has 1 rings (SSSR count). The highest BCUT2D eigenvalue weighted by Crippen LogP contribution is 2.11. The van der Waals surface area contributed by atoms with Gasteiger partial charge in [-0.3, -0.25) is 0 Å². The molecule has 0 aliphatic heterocycles. The summed E-state index contributed by atoms with van der Waals surface area (Å²) in [7, 11) is 1.64. The lowest BCUT2D eigenvalue weighted by atomic mass is 10.2. The smallest absolute Gasteiger partial charge is 0.407 e. The van der Waals surface area contributed by atoms with Gasteiger partial charge in [-0.2, -0.15) is 0 Å². The first-order chi connectivity index (χ1) is 11.8. The summed E-state index contributed by atoms with van der Waals surface area (Å²) in [6.07, 6.45) is -0.422. The van der Waals surface area contributed by atoms with E-state index in [1.54, 1.807) is 7.11 Å². The van der Waals surface area contributed by atoms with Crippen molar-refractivity contribution in [1.82, 2.24) is 16.0 Å². The minimum Gasteiger partial charge on any atom is -0.497 e. The third-order valence-electron chi connectivity index (χ3n) is 3.01. The SMILES string of the molecule is CCNC(=NCc1ccc(OC)cc1)NCCNC(=O)OC(C)(C)C.I. The van der Waals surface area contributed by atoms with Gasteiger partial charge >= 0.3 is 6.09 Å². The molecule has 1 aromatic carbocycles. The molecule has 1 aromatic rings. The summed E-state index contributed by atoms with van der Waals surface area (Å²) in [5.41, 5.74) is 0.594. The topological polar surface area (TPSA) is 84.0 Å². The van der Waals surface area contributed by atoms with E-state index in [4.69, 9.17) is 9.47 Å². The number of amides is 1. The summed E-state index contributed by atoms with van der Waals surface area (Å²) in [6, 6.07) is 7.79. The van der Waals surface area contributed by atoms with Gasteiger partial charge in [0.1, 0.15) is 11.4 Å². The lowest BCUT2D eigenvalue weighted by molar-refractivity contribution is 0.0529. The average molecular weight is 478 g/mol. The number of guanidine groups is 1. The predicted molar refractivity (Wildman–Crippen MR) is 115 cm³/mol. The molecule has 0 radical (unpaired) electrons. The van der Waals surface area contributed by atoms with Gasteiger partial charge in [0.25, 0.3) is 0 Å². The van der Waals surface area contributed by atoms with E-state index in [0.717, 1.165) is 17.9 Å². The van der Waals surface area contributed by atoms with Crippen LogP contribution in [0.3, 0.4) is 0 Å². The van der Waals surface area contributed by atoms with Crippen LogP contribution in [-0.2, 0) is 11.3 Å². The second-order valence-corrected chi connectivity index (χ2v) is 6.40. The Bertz CT molecular complexity index is 557. The summed E-state index contributed by atoms with van der Waals surface area (Å²) in [6.45, 7) is 9.81. The van der Waals surface area contributed by atoms with Crippen LogP contribution in [-0.4, -0.2) is 44.4 Å². The first kappa shape index (κ1) is 24.3. The fourth-order valence-electron chi connectivity index (χ4n) is 1.90. The molecule has 8 heteroatoms. The number of ether oxygens (including phenoxy) is 2. The largest absolute Gasteiger partial charge is 0.497 e. The molecule has 0 fully saturated rings. The van der Waals surface area contributed by atoms with Crippen molar-refractivity contribution in [3.8, 4) is 5.75 Å². The van der Waals surface area contributed by atoms with E-state index in [1.807, 2.05) is 52.0 Å². The number of rotatable bonds is 7. The van der Waals surface area contributed by atoms with Gasteiger partial charge in [-0.05, 0) is 45.4 Å². The minimum absolute atomic E-state index is 0. The van der Waals surface area contributed by atoms with Crippen LogP contribution in [0.5, 0.6) is 5.75 Å². The lowest BCUT2D eigenvalue weighted by Gasteiger charge is -2.19. The normalized spacial score (nSPS) is 11.2. The Morgan fingerprint density at radius 3 is 2.23 bits per heavy atom. The van der Waals surface area contributed by atoms with Gasteiger partial charge in [0.2, 0.25) is 0 Å². The predicted octanol–water partition coefficient (Wildman–Crippen LogP) is 2.89. The number of alkyl carbamates (subject to hydrolysis) is 1. The maximum absolute atomic E-state index is 11.6. The lowest BCUT2D eigenvalue weighted by Crippen LogP contribution is -2.42. The zero-order valence-corrected chi connectivity index (χ0v) is 18.5. The van der Waals surface area contributed by atoms with Crippen LogP contribution in [0.15, 0.2) is 29.3 Å². The molecule has 0 heterocycles. The standard InChI is InChI=1S/C18H30N4O3.HI/c1-6-19-16(20-11-12-21-17(23)25-18(2,3)4)22-13-14-7-9-15(24-5)10-8-14;/h7-10H,6,11-13H2,1-5H3,(H,21,23)(H2,19,20,22);1H. The van der Waals surface area contributed by atoms with Crippen molar-refractivity contribution in [2.75, 3.05) is 26.7 Å². The van der Waals surface area contributed by atoms with Crippen LogP contribution in [0.4, 0.5) is 4.79 Å². The Balaban J connectivity index is 0.00000625. The molecule has 26 heavy (non-hydrogen) atoms. The van der Waals surface area contributed by atoms with Crippen LogP contribution in [0.25, 0.3) is 0 Å². The number of hydrogen-bond donors (Lipinski definition) is 3. The number of carbonyl (C=O) groups excluding carboxylic acids is 1.